The van der Waals surface area contributed by atoms with Crippen LogP contribution >= 0.6 is 0 Å². The second kappa shape index (κ2) is 6.68. The summed E-state index contributed by atoms with van der Waals surface area (Å²) < 4.78 is 0. The van der Waals surface area contributed by atoms with E-state index in [1.54, 1.807) is 23.5 Å². The van der Waals surface area contributed by atoms with Crippen molar-refractivity contribution < 1.29 is 4.79 Å². The van der Waals surface area contributed by atoms with Crippen LogP contribution in [0.2, 0.25) is 0 Å². The van der Waals surface area contributed by atoms with Gasteiger partial charge in [0.1, 0.15) is 0 Å². The van der Waals surface area contributed by atoms with E-state index in [-0.39, 0.29) is 5.91 Å². The average molecular weight is 331 g/mol. The first-order valence-electron chi connectivity index (χ1n) is 8.17. The van der Waals surface area contributed by atoms with E-state index in [2.05, 4.69) is 26.3 Å². The fraction of sp³-hybridized carbons (Fsp3) is 0.158. The molecule has 0 saturated heterocycles. The fourth-order valence-electron chi connectivity index (χ4n) is 2.91. The highest BCUT2D eigenvalue weighted by molar-refractivity contribution is 6.06. The number of benzene rings is 1. The van der Waals surface area contributed by atoms with Crippen LogP contribution in [0.1, 0.15) is 21.6 Å². The van der Waals surface area contributed by atoms with Crippen LogP contribution < -0.4 is 10.2 Å². The van der Waals surface area contributed by atoms with E-state index in [0.29, 0.717) is 24.6 Å². The van der Waals surface area contributed by atoms with Crippen LogP contribution in [0, 0.1) is 0 Å². The number of hydrogen-bond donors (Lipinski definition) is 1. The van der Waals surface area contributed by atoms with Crippen molar-refractivity contribution in [3.05, 3.63) is 77.9 Å². The molecule has 0 unspecified atom stereocenters. The van der Waals surface area contributed by atoms with Crippen molar-refractivity contribution in [2.75, 3.05) is 16.8 Å². The number of anilines is 2. The van der Waals surface area contributed by atoms with E-state index in [1.807, 2.05) is 36.4 Å². The molecule has 0 fully saturated rings. The van der Waals surface area contributed by atoms with Gasteiger partial charge in [-0.05, 0) is 30.2 Å². The standard InChI is InChI=1S/C19H17N5O/c25-18(24-10-8-14-5-1-2-7-17(14)24)15-11-21-19(22-12-15)23-13-16-6-3-4-9-20-16/h1-7,9,11-12H,8,10,13H2,(H,21,22,23). The fourth-order valence-corrected chi connectivity index (χ4v) is 2.91. The van der Waals surface area contributed by atoms with Gasteiger partial charge in [-0.2, -0.15) is 0 Å². The van der Waals surface area contributed by atoms with Gasteiger partial charge in [-0.1, -0.05) is 24.3 Å². The molecule has 0 aliphatic carbocycles. The monoisotopic (exact) mass is 331 g/mol. The van der Waals surface area contributed by atoms with E-state index in [4.69, 9.17) is 0 Å². The zero-order valence-corrected chi connectivity index (χ0v) is 13.6. The first kappa shape index (κ1) is 15.3. The van der Waals surface area contributed by atoms with Crippen LogP contribution in [0.4, 0.5) is 11.6 Å². The molecule has 1 amide bonds. The van der Waals surface area contributed by atoms with Crippen LogP contribution in [-0.2, 0) is 13.0 Å². The summed E-state index contributed by atoms with van der Waals surface area (Å²) in [5.74, 6) is 0.408. The van der Waals surface area contributed by atoms with Gasteiger partial charge >= 0.3 is 0 Å². The Bertz CT molecular complexity index is 880. The number of amides is 1. The highest BCUT2D eigenvalue weighted by Crippen LogP contribution is 2.28. The first-order chi connectivity index (χ1) is 12.3. The lowest BCUT2D eigenvalue weighted by Gasteiger charge is -2.17. The van der Waals surface area contributed by atoms with E-state index >= 15 is 0 Å². The number of aromatic nitrogens is 3. The molecule has 1 aliphatic heterocycles. The average Bonchev–Trinajstić information content (AvgIpc) is 3.11. The lowest BCUT2D eigenvalue weighted by molar-refractivity contribution is 0.0988. The molecule has 6 nitrogen and oxygen atoms in total. The van der Waals surface area contributed by atoms with Crippen LogP contribution in [0.25, 0.3) is 0 Å². The number of carbonyl (C=O) groups is 1. The molecular formula is C19H17N5O. The maximum absolute atomic E-state index is 12.7. The van der Waals surface area contributed by atoms with Gasteiger partial charge in [0.05, 0.1) is 17.8 Å². The molecule has 0 saturated carbocycles. The Morgan fingerprint density at radius 1 is 1.04 bits per heavy atom. The molecule has 1 aromatic carbocycles. The molecule has 0 spiro atoms. The maximum Gasteiger partial charge on any atom is 0.261 e. The predicted molar refractivity (Wildman–Crippen MR) is 95.4 cm³/mol. The molecule has 3 heterocycles. The summed E-state index contributed by atoms with van der Waals surface area (Å²) in [4.78, 5) is 27.2. The van der Waals surface area contributed by atoms with Gasteiger partial charge in [0, 0.05) is 30.8 Å². The van der Waals surface area contributed by atoms with Crippen molar-refractivity contribution in [1.82, 2.24) is 15.0 Å². The number of pyridine rings is 1. The minimum absolute atomic E-state index is 0.0683. The third kappa shape index (κ3) is 3.19. The summed E-state index contributed by atoms with van der Waals surface area (Å²) in [5, 5.41) is 3.10. The normalized spacial score (nSPS) is 12.7. The van der Waals surface area contributed by atoms with Gasteiger partial charge in [0.15, 0.2) is 0 Å². The third-order valence-corrected chi connectivity index (χ3v) is 4.18. The zero-order chi connectivity index (χ0) is 17.1. The van der Waals surface area contributed by atoms with Crippen molar-refractivity contribution in [2.45, 2.75) is 13.0 Å². The first-order valence-corrected chi connectivity index (χ1v) is 8.17. The summed E-state index contributed by atoms with van der Waals surface area (Å²) in [6.07, 6.45) is 5.76. The predicted octanol–water partition coefficient (Wildman–Crippen LogP) is 2.69. The van der Waals surface area contributed by atoms with Crippen molar-refractivity contribution in [2.24, 2.45) is 0 Å². The van der Waals surface area contributed by atoms with E-state index in [0.717, 1.165) is 17.8 Å². The SMILES string of the molecule is O=C(c1cnc(NCc2ccccn2)nc1)N1CCc2ccccc21. The Hall–Kier alpha value is -3.28. The van der Waals surface area contributed by atoms with Crippen LogP contribution in [0.3, 0.4) is 0 Å². The van der Waals surface area contributed by atoms with Crippen molar-refractivity contribution >= 4 is 17.5 Å². The van der Waals surface area contributed by atoms with Crippen LogP contribution in [-0.4, -0.2) is 27.4 Å². The molecule has 1 N–H and O–H groups in total. The molecule has 1 aliphatic rings. The second-order valence-corrected chi connectivity index (χ2v) is 5.81. The van der Waals surface area contributed by atoms with Gasteiger partial charge in [0.25, 0.3) is 5.91 Å². The molecule has 0 bridgehead atoms. The van der Waals surface area contributed by atoms with Gasteiger partial charge in [0.2, 0.25) is 5.95 Å². The lowest BCUT2D eigenvalue weighted by Crippen LogP contribution is -2.29. The van der Waals surface area contributed by atoms with Gasteiger partial charge in [-0.25, -0.2) is 9.97 Å². The Kier molecular flexibility index (Phi) is 4.08. The van der Waals surface area contributed by atoms with Crippen molar-refractivity contribution in [3.63, 3.8) is 0 Å². The summed E-state index contributed by atoms with van der Waals surface area (Å²) >= 11 is 0. The van der Waals surface area contributed by atoms with Crippen LogP contribution in [0.5, 0.6) is 0 Å². The number of nitrogens with one attached hydrogen (secondary N) is 1. The Balaban J connectivity index is 1.44. The number of fused-ring (bicyclic) bond motifs is 1. The van der Waals surface area contributed by atoms with Gasteiger partial charge in [-0.15, -0.1) is 0 Å². The maximum atomic E-state index is 12.7. The summed E-state index contributed by atoms with van der Waals surface area (Å²) in [6.45, 7) is 1.23. The molecule has 4 rings (SSSR count). The van der Waals surface area contributed by atoms with E-state index in [9.17, 15) is 4.79 Å². The topological polar surface area (TPSA) is 71.0 Å². The third-order valence-electron chi connectivity index (χ3n) is 4.18. The van der Waals surface area contributed by atoms with Crippen molar-refractivity contribution in [1.29, 1.82) is 0 Å². The Labute approximate surface area is 145 Å². The van der Waals surface area contributed by atoms with E-state index < -0.39 is 0 Å². The number of rotatable bonds is 4. The van der Waals surface area contributed by atoms with Gasteiger partial charge in [-0.3, -0.25) is 9.78 Å². The zero-order valence-electron chi connectivity index (χ0n) is 13.6. The number of hydrogen-bond acceptors (Lipinski definition) is 5. The Morgan fingerprint density at radius 2 is 1.84 bits per heavy atom. The quantitative estimate of drug-likeness (QED) is 0.796. The molecule has 6 heteroatoms. The molecule has 0 atom stereocenters. The lowest BCUT2D eigenvalue weighted by atomic mass is 10.2. The smallest absolute Gasteiger partial charge is 0.261 e. The van der Waals surface area contributed by atoms with Crippen molar-refractivity contribution in [3.8, 4) is 0 Å². The number of carbonyl (C=O) groups excluding carboxylic acids is 1. The highest BCUT2D eigenvalue weighted by atomic mass is 16.2. The molecule has 25 heavy (non-hydrogen) atoms. The number of nitrogens with zero attached hydrogens (tertiary/aromatic N) is 4. The molecule has 3 aromatic rings. The molecule has 0 radical (unpaired) electrons. The van der Waals surface area contributed by atoms with E-state index in [1.165, 1.54) is 5.56 Å². The minimum atomic E-state index is -0.0683. The summed E-state index contributed by atoms with van der Waals surface area (Å²) in [6, 6.07) is 13.7. The molecule has 124 valence electrons. The molecular weight excluding hydrogens is 314 g/mol. The van der Waals surface area contributed by atoms with Crippen LogP contribution in [0.15, 0.2) is 61.1 Å². The summed E-state index contributed by atoms with van der Waals surface area (Å²) in [5.41, 5.74) is 3.57. The largest absolute Gasteiger partial charge is 0.349 e. The molecule has 2 aromatic heterocycles. The Morgan fingerprint density at radius 3 is 2.64 bits per heavy atom. The summed E-state index contributed by atoms with van der Waals surface area (Å²) in [7, 11) is 0. The highest BCUT2D eigenvalue weighted by Gasteiger charge is 2.25. The second-order valence-electron chi connectivity index (χ2n) is 5.81. The number of para-hydroxylation sites is 1. The van der Waals surface area contributed by atoms with Gasteiger partial charge < -0.3 is 10.2 Å². The minimum Gasteiger partial charge on any atom is -0.349 e.